The van der Waals surface area contributed by atoms with E-state index in [0.717, 1.165) is 144 Å². The average molecular weight is 1780 g/mol. The zero-order valence-electron chi connectivity index (χ0n) is 75.8. The van der Waals surface area contributed by atoms with E-state index in [9.17, 15) is 0 Å². The van der Waals surface area contributed by atoms with Gasteiger partial charge in [0.15, 0.2) is 5.82 Å². The van der Waals surface area contributed by atoms with E-state index in [1.807, 2.05) is 134 Å². The Morgan fingerprint density at radius 3 is 0.879 bits per heavy atom. The lowest BCUT2D eigenvalue weighted by atomic mass is 9.89. The van der Waals surface area contributed by atoms with Crippen molar-refractivity contribution in [2.24, 2.45) is 0 Å². The molecule has 10 heteroatoms. The molecule has 0 fully saturated rings. The number of para-hydroxylation sites is 3. The maximum absolute atomic E-state index is 5.20. The summed E-state index contributed by atoms with van der Waals surface area (Å²) in [6.07, 6.45) is 12.9. The van der Waals surface area contributed by atoms with Crippen molar-refractivity contribution in [2.45, 2.75) is 0 Å². The molecule has 0 aliphatic carbocycles. The highest BCUT2D eigenvalue weighted by atomic mass is 14.9. The van der Waals surface area contributed by atoms with Crippen molar-refractivity contribution in [2.75, 3.05) is 0 Å². The van der Waals surface area contributed by atoms with Crippen LogP contribution >= 0.6 is 0 Å². The maximum atomic E-state index is 5.20. The van der Waals surface area contributed by atoms with E-state index in [-0.39, 0.29) is 0 Å². The van der Waals surface area contributed by atoms with Gasteiger partial charge < -0.3 is 0 Å². The van der Waals surface area contributed by atoms with Crippen molar-refractivity contribution in [3.8, 4) is 146 Å². The molecular formula is C130H82N10. The first-order valence-corrected chi connectivity index (χ1v) is 47.1. The first kappa shape index (κ1) is 83.0. The fraction of sp³-hybridized carbons (Fsp3) is 0. The first-order valence-electron chi connectivity index (χ1n) is 47.1. The zero-order chi connectivity index (χ0) is 92.8. The monoisotopic (exact) mass is 1780 g/mol. The summed E-state index contributed by atoms with van der Waals surface area (Å²) in [6.45, 7) is 0. The molecular weight excluding hydrogens is 1700 g/mol. The number of rotatable bonds is 13. The maximum Gasteiger partial charge on any atom is 0.160 e. The van der Waals surface area contributed by atoms with E-state index < -0.39 is 0 Å². The minimum atomic E-state index is 0.724. The van der Waals surface area contributed by atoms with Gasteiger partial charge in [0, 0.05) is 114 Å². The van der Waals surface area contributed by atoms with Gasteiger partial charge in [0.25, 0.3) is 0 Å². The molecule has 19 aromatic carbocycles. The fourth-order valence-electron chi connectivity index (χ4n) is 20.3. The Kier molecular flexibility index (Phi) is 21.4. The van der Waals surface area contributed by atoms with Gasteiger partial charge in [0.05, 0.1) is 61.6 Å². The Labute approximate surface area is 807 Å². The standard InChI is InChI=1S/C44H28N4.2C43H27N3/c1-2-7-39-37(34-27-42(31-18-23-45-24-19-31)48-43(28-34)32-20-25-46-26-21-32)17-16-36(38(39)6-1)30-12-10-29(11-13-30)35-8-3-9-41-40(35)15-14-33-5-4-22-47-44(33)41;1-2-10-30(11-3-1)42-43(46-40-18-7-6-17-39(40)45-42)38-26-25-33(34-13-4-5-14-35(34)38)29-21-19-28(20-22-29)32-15-8-16-37-36(32)24-23-31-12-9-27-44-41(31)37;1-2-10-29(11-3-1)42-39-15-6-7-18-40(39)45-43(46-42)31-21-19-28(20-22-31)32-25-26-36(34-14-5-4-13-33(32)34)35-16-8-17-38-37(35)24-23-30-12-9-27-44-41(30)38/h1-28H;2*1-27H. The normalized spacial score (nSPS) is 11.4. The van der Waals surface area contributed by atoms with E-state index in [4.69, 9.17) is 29.9 Å². The number of hydrogen-bond donors (Lipinski definition) is 0. The van der Waals surface area contributed by atoms with Gasteiger partial charge in [-0.2, -0.15) is 0 Å². The van der Waals surface area contributed by atoms with Gasteiger partial charge in [-0.25, -0.2) is 24.9 Å². The quantitative estimate of drug-likeness (QED) is 0.103. The van der Waals surface area contributed by atoms with Gasteiger partial charge in [0.2, 0.25) is 0 Å². The lowest BCUT2D eigenvalue weighted by Crippen LogP contribution is -1.96. The molecule has 8 aromatic heterocycles. The molecule has 0 atom stereocenters. The van der Waals surface area contributed by atoms with Crippen molar-refractivity contribution >= 4 is 119 Å². The topological polar surface area (TPSA) is 129 Å². The molecule has 0 radical (unpaired) electrons. The van der Waals surface area contributed by atoms with E-state index in [0.29, 0.717) is 0 Å². The number of fused-ring (bicyclic) bond motifs is 14. The second-order valence-electron chi connectivity index (χ2n) is 35.1. The van der Waals surface area contributed by atoms with Gasteiger partial charge in [-0.15, -0.1) is 0 Å². The van der Waals surface area contributed by atoms with Gasteiger partial charge in [-0.3, -0.25) is 24.9 Å². The van der Waals surface area contributed by atoms with Crippen LogP contribution in [0.2, 0.25) is 0 Å². The summed E-state index contributed by atoms with van der Waals surface area (Å²) in [5.74, 6) is 0.724. The van der Waals surface area contributed by atoms with Crippen LogP contribution in [0.25, 0.3) is 265 Å². The Morgan fingerprint density at radius 2 is 0.443 bits per heavy atom. The summed E-state index contributed by atoms with van der Waals surface area (Å²) in [5.41, 5.74) is 33.2. The van der Waals surface area contributed by atoms with E-state index >= 15 is 0 Å². The Hall–Kier alpha value is -18.9. The SMILES string of the molecule is c1ccc(-c2nc(-c3ccc(-c4ccc(-c5cccc6c5ccc5cccnc56)c5ccccc45)cc3)nc3ccccc23)cc1.c1ccc(-c2nc3ccccc3nc2-c2ccc(-c3ccc(-c4cccc5c4ccc4cccnc45)cc3)c3ccccc23)cc1.c1cnc2c(c1)ccc1c(-c3ccc(-c4ccc(-c5cc(-c6ccncc6)nc(-c6ccncc6)c5)c5ccccc45)cc3)cccc12. The predicted molar refractivity (Wildman–Crippen MR) is 581 cm³/mol. The minimum Gasteiger partial charge on any atom is -0.265 e. The molecule has 0 amide bonds. The summed E-state index contributed by atoms with van der Waals surface area (Å²) in [5, 5.41) is 18.8. The number of aromatic nitrogens is 10. The molecule has 0 aliphatic heterocycles. The molecule has 0 saturated carbocycles. The largest absolute Gasteiger partial charge is 0.265 e. The minimum absolute atomic E-state index is 0.724. The predicted octanol–water partition coefficient (Wildman–Crippen LogP) is 33.4. The number of nitrogens with zero attached hydrogens (tertiary/aromatic N) is 10. The molecule has 27 aromatic rings. The third kappa shape index (κ3) is 15.5. The highest BCUT2D eigenvalue weighted by molar-refractivity contribution is 6.17. The van der Waals surface area contributed by atoms with Crippen LogP contribution in [-0.2, 0) is 0 Å². The Morgan fingerprint density at radius 1 is 0.136 bits per heavy atom. The molecule has 140 heavy (non-hydrogen) atoms. The number of pyridine rings is 6. The first-order chi connectivity index (χ1) is 69.4. The van der Waals surface area contributed by atoms with Gasteiger partial charge in [-0.1, -0.05) is 382 Å². The van der Waals surface area contributed by atoms with Crippen LogP contribution in [0.1, 0.15) is 0 Å². The molecule has 8 heterocycles. The van der Waals surface area contributed by atoms with Gasteiger partial charge in [0.1, 0.15) is 0 Å². The molecule has 0 spiro atoms. The van der Waals surface area contributed by atoms with E-state index in [1.165, 1.54) is 120 Å². The lowest BCUT2D eigenvalue weighted by molar-refractivity contribution is 1.23. The van der Waals surface area contributed by atoms with Crippen LogP contribution in [0.15, 0.2) is 498 Å². The smallest absolute Gasteiger partial charge is 0.160 e. The molecule has 27 rings (SSSR count). The van der Waals surface area contributed by atoms with Crippen LogP contribution in [0.3, 0.4) is 0 Å². The van der Waals surface area contributed by atoms with Crippen molar-refractivity contribution in [3.63, 3.8) is 0 Å². The number of benzene rings is 19. The summed E-state index contributed by atoms with van der Waals surface area (Å²) >= 11 is 0. The zero-order valence-corrected chi connectivity index (χ0v) is 75.8. The van der Waals surface area contributed by atoms with Gasteiger partial charge in [-0.05, 0) is 199 Å². The molecule has 0 aliphatic rings. The highest BCUT2D eigenvalue weighted by Crippen LogP contribution is 2.46. The molecule has 0 saturated heterocycles. The lowest BCUT2D eigenvalue weighted by Gasteiger charge is -2.15. The van der Waals surface area contributed by atoms with E-state index in [1.54, 1.807) is 0 Å². The van der Waals surface area contributed by atoms with Crippen molar-refractivity contribution < 1.29 is 0 Å². The molecule has 652 valence electrons. The second kappa shape index (κ2) is 36.1. The third-order valence-electron chi connectivity index (χ3n) is 27.0. The second-order valence-corrected chi connectivity index (χ2v) is 35.1. The molecule has 0 N–H and O–H groups in total. The van der Waals surface area contributed by atoms with Crippen LogP contribution < -0.4 is 0 Å². The Bertz CT molecular complexity index is 9420. The molecule has 10 nitrogen and oxygen atoms in total. The summed E-state index contributed by atoms with van der Waals surface area (Å²) in [7, 11) is 0. The highest BCUT2D eigenvalue weighted by Gasteiger charge is 2.23. The summed E-state index contributed by atoms with van der Waals surface area (Å²) in [4.78, 5) is 47.9. The van der Waals surface area contributed by atoms with E-state index in [2.05, 4.69) is 384 Å². The average Bonchev–Trinajstić information content (AvgIpc) is 0.744. The fourth-order valence-corrected chi connectivity index (χ4v) is 20.3. The Balaban J connectivity index is 0.000000111. The van der Waals surface area contributed by atoms with Crippen molar-refractivity contribution in [1.29, 1.82) is 0 Å². The molecule has 0 bridgehead atoms. The van der Waals surface area contributed by atoms with Crippen LogP contribution in [0, 0.1) is 0 Å². The molecule has 0 unspecified atom stereocenters. The van der Waals surface area contributed by atoms with Crippen LogP contribution in [0.4, 0.5) is 0 Å². The number of hydrogen-bond acceptors (Lipinski definition) is 10. The van der Waals surface area contributed by atoms with Crippen LogP contribution in [-0.4, -0.2) is 49.8 Å². The van der Waals surface area contributed by atoms with Crippen molar-refractivity contribution in [1.82, 2.24) is 49.8 Å². The van der Waals surface area contributed by atoms with Crippen LogP contribution in [0.5, 0.6) is 0 Å². The van der Waals surface area contributed by atoms with Gasteiger partial charge >= 0.3 is 0 Å². The summed E-state index contributed by atoms with van der Waals surface area (Å²) in [6, 6.07) is 160. The third-order valence-corrected chi connectivity index (χ3v) is 27.0. The summed E-state index contributed by atoms with van der Waals surface area (Å²) < 4.78 is 0. The van der Waals surface area contributed by atoms with Crippen molar-refractivity contribution in [3.05, 3.63) is 498 Å².